The van der Waals surface area contributed by atoms with E-state index in [1.54, 1.807) is 30.5 Å². The minimum atomic E-state index is -2.83. The van der Waals surface area contributed by atoms with Gasteiger partial charge in [-0.05, 0) is 51.7 Å². The van der Waals surface area contributed by atoms with Gasteiger partial charge >= 0.3 is 0 Å². The predicted octanol–water partition coefficient (Wildman–Crippen LogP) is 2.00. The predicted molar refractivity (Wildman–Crippen MR) is 141 cm³/mol. The van der Waals surface area contributed by atoms with Crippen LogP contribution < -0.4 is 16.0 Å². The first kappa shape index (κ1) is 26.1. The van der Waals surface area contributed by atoms with Gasteiger partial charge in [-0.25, -0.2) is 18.8 Å². The standard InChI is InChI=1S/C25H32F2N10O/c1-35(2)11-5-10-29-19-8-9-25(28,16-30-19)22-32-23(36-12-14-38-15-13-36)34-24(33-22)37-18-7-4-3-6-17(18)31-21(37)20(26)27/h3-4,6-8,16,20,29H,5,9-15,28H2,1-2H3. The van der Waals surface area contributed by atoms with E-state index in [1.807, 2.05) is 25.1 Å². The molecule has 3 N–H and O–H groups in total. The zero-order valence-corrected chi connectivity index (χ0v) is 21.5. The lowest BCUT2D eigenvalue weighted by Gasteiger charge is -2.30. The van der Waals surface area contributed by atoms with Crippen LogP contribution in [0.3, 0.4) is 0 Å². The van der Waals surface area contributed by atoms with Crippen molar-refractivity contribution in [2.75, 3.05) is 58.4 Å². The number of aromatic nitrogens is 5. The van der Waals surface area contributed by atoms with Crippen molar-refractivity contribution < 1.29 is 13.5 Å². The molecule has 0 saturated carbocycles. The summed E-state index contributed by atoms with van der Waals surface area (Å²) in [5.41, 5.74) is 6.52. The second-order valence-electron chi connectivity index (χ2n) is 9.63. The third-order valence-electron chi connectivity index (χ3n) is 6.46. The third-order valence-corrected chi connectivity index (χ3v) is 6.46. The van der Waals surface area contributed by atoms with Crippen LogP contribution in [0.4, 0.5) is 14.7 Å². The number of ether oxygens (including phenoxy) is 1. The van der Waals surface area contributed by atoms with Gasteiger partial charge in [-0.2, -0.15) is 15.0 Å². The number of rotatable bonds is 9. The molecule has 1 aromatic carbocycles. The van der Waals surface area contributed by atoms with Crippen molar-refractivity contribution in [3.8, 4) is 5.95 Å². The van der Waals surface area contributed by atoms with E-state index < -0.39 is 17.8 Å². The van der Waals surface area contributed by atoms with Crippen LogP contribution in [0, 0.1) is 0 Å². The fraction of sp³-hybridized carbons (Fsp3) is 0.480. The molecule has 4 heterocycles. The Hall–Kier alpha value is -3.55. The highest BCUT2D eigenvalue weighted by Gasteiger charge is 2.33. The van der Waals surface area contributed by atoms with E-state index in [2.05, 4.69) is 30.2 Å². The number of hydrogen-bond donors (Lipinski definition) is 2. The number of morpholine rings is 1. The molecule has 0 radical (unpaired) electrons. The maximum absolute atomic E-state index is 14.1. The minimum Gasteiger partial charge on any atom is -0.378 e. The number of halogens is 2. The van der Waals surface area contributed by atoms with Gasteiger partial charge in [-0.3, -0.25) is 4.57 Å². The van der Waals surface area contributed by atoms with Gasteiger partial charge in [0, 0.05) is 25.8 Å². The highest BCUT2D eigenvalue weighted by Crippen LogP contribution is 2.29. The van der Waals surface area contributed by atoms with Crippen molar-refractivity contribution in [1.29, 1.82) is 0 Å². The Morgan fingerprint density at radius 2 is 1.87 bits per heavy atom. The average molecular weight is 527 g/mol. The topological polar surface area (TPSA) is 123 Å². The Morgan fingerprint density at radius 1 is 1.11 bits per heavy atom. The fourth-order valence-corrected chi connectivity index (χ4v) is 4.40. The Balaban J connectivity index is 1.51. The molecule has 202 valence electrons. The number of anilines is 1. The number of hydrogen-bond acceptors (Lipinski definition) is 10. The first-order chi connectivity index (χ1) is 18.3. The van der Waals surface area contributed by atoms with Gasteiger partial charge in [0.25, 0.3) is 6.43 Å². The van der Waals surface area contributed by atoms with Gasteiger partial charge in [0.1, 0.15) is 11.4 Å². The van der Waals surface area contributed by atoms with E-state index in [1.165, 1.54) is 4.57 Å². The van der Waals surface area contributed by atoms with Gasteiger partial charge in [-0.1, -0.05) is 12.1 Å². The molecule has 3 aromatic rings. The summed E-state index contributed by atoms with van der Waals surface area (Å²) in [5, 5.41) is 3.31. The maximum atomic E-state index is 14.1. The van der Waals surface area contributed by atoms with Crippen LogP contribution in [-0.2, 0) is 10.3 Å². The van der Waals surface area contributed by atoms with Gasteiger partial charge < -0.3 is 25.6 Å². The molecule has 0 bridgehead atoms. The SMILES string of the molecule is CN(C)CCCNC1=CCC(N)(c2nc(N3CCOCC3)nc(-n3c(C(F)F)nc4ccccc43)n2)C=N1. The normalized spacial score (nSPS) is 20.0. The van der Waals surface area contributed by atoms with Crippen LogP contribution in [0.15, 0.2) is 41.2 Å². The quantitative estimate of drug-likeness (QED) is 0.403. The summed E-state index contributed by atoms with van der Waals surface area (Å²) in [6, 6.07) is 6.90. The van der Waals surface area contributed by atoms with E-state index in [0.29, 0.717) is 49.7 Å². The van der Waals surface area contributed by atoms with Crippen LogP contribution >= 0.6 is 0 Å². The molecule has 2 aromatic heterocycles. The number of nitrogens with one attached hydrogen (secondary N) is 1. The Labute approximate surface area is 219 Å². The lowest BCUT2D eigenvalue weighted by atomic mass is 9.95. The third kappa shape index (κ3) is 5.49. The summed E-state index contributed by atoms with van der Waals surface area (Å²) in [7, 11) is 4.07. The smallest absolute Gasteiger partial charge is 0.296 e. The van der Waals surface area contributed by atoms with E-state index >= 15 is 0 Å². The molecule has 5 rings (SSSR count). The van der Waals surface area contributed by atoms with E-state index in [4.69, 9.17) is 15.5 Å². The minimum absolute atomic E-state index is 0.0373. The fourth-order valence-electron chi connectivity index (χ4n) is 4.40. The van der Waals surface area contributed by atoms with Crippen molar-refractivity contribution in [1.82, 2.24) is 34.7 Å². The number of benzene rings is 1. The van der Waals surface area contributed by atoms with Crippen molar-refractivity contribution >= 4 is 23.2 Å². The summed E-state index contributed by atoms with van der Waals surface area (Å²) in [5.74, 6) is 0.918. The summed E-state index contributed by atoms with van der Waals surface area (Å²) in [6.45, 7) is 3.87. The summed E-state index contributed by atoms with van der Waals surface area (Å²) < 4.78 is 35.0. The maximum Gasteiger partial charge on any atom is 0.296 e. The molecule has 0 aliphatic carbocycles. The Bertz CT molecular complexity index is 1330. The van der Waals surface area contributed by atoms with Crippen molar-refractivity contribution in [2.45, 2.75) is 24.8 Å². The molecule has 2 aliphatic rings. The number of nitrogens with zero attached hydrogens (tertiary/aromatic N) is 8. The zero-order valence-electron chi connectivity index (χ0n) is 21.5. The molecule has 0 spiro atoms. The molecule has 38 heavy (non-hydrogen) atoms. The number of aliphatic imine (C=N–C) groups is 1. The van der Waals surface area contributed by atoms with Gasteiger partial charge in [0.15, 0.2) is 11.6 Å². The number of imidazole rings is 1. The number of fused-ring (bicyclic) bond motifs is 1. The summed E-state index contributed by atoms with van der Waals surface area (Å²) in [4.78, 5) is 26.6. The van der Waals surface area contributed by atoms with Crippen molar-refractivity contribution in [3.05, 3.63) is 47.8 Å². The van der Waals surface area contributed by atoms with Gasteiger partial charge in [0.2, 0.25) is 11.9 Å². The Kier molecular flexibility index (Phi) is 7.58. The van der Waals surface area contributed by atoms with Crippen LogP contribution in [-0.4, -0.2) is 89.1 Å². The Morgan fingerprint density at radius 3 is 2.58 bits per heavy atom. The zero-order chi connectivity index (χ0) is 26.7. The molecule has 13 heteroatoms. The largest absolute Gasteiger partial charge is 0.378 e. The first-order valence-corrected chi connectivity index (χ1v) is 12.6. The van der Waals surface area contributed by atoms with E-state index in [9.17, 15) is 8.78 Å². The van der Waals surface area contributed by atoms with Crippen LogP contribution in [0.5, 0.6) is 0 Å². The van der Waals surface area contributed by atoms with Crippen LogP contribution in [0.25, 0.3) is 17.0 Å². The first-order valence-electron chi connectivity index (χ1n) is 12.6. The molecular formula is C25H32F2N10O. The van der Waals surface area contributed by atoms with Gasteiger partial charge in [0.05, 0.1) is 24.2 Å². The van der Waals surface area contributed by atoms with E-state index in [0.717, 1.165) is 25.3 Å². The average Bonchev–Trinajstić information content (AvgIpc) is 3.32. The van der Waals surface area contributed by atoms with Crippen molar-refractivity contribution in [3.63, 3.8) is 0 Å². The summed E-state index contributed by atoms with van der Waals surface area (Å²) >= 11 is 0. The molecule has 1 unspecified atom stereocenters. The van der Waals surface area contributed by atoms with Crippen molar-refractivity contribution in [2.24, 2.45) is 10.7 Å². The van der Waals surface area contributed by atoms with Gasteiger partial charge in [-0.15, -0.1) is 0 Å². The molecular weight excluding hydrogens is 494 g/mol. The molecule has 11 nitrogen and oxygen atoms in total. The van der Waals surface area contributed by atoms with Crippen LogP contribution in [0.2, 0.25) is 0 Å². The molecule has 1 atom stereocenters. The summed E-state index contributed by atoms with van der Waals surface area (Å²) in [6.07, 6.45) is 2.04. The highest BCUT2D eigenvalue weighted by molar-refractivity contribution is 5.78. The second kappa shape index (κ2) is 11.1. The number of para-hydroxylation sites is 2. The lowest BCUT2D eigenvalue weighted by molar-refractivity contribution is 0.122. The molecule has 1 saturated heterocycles. The second-order valence-corrected chi connectivity index (χ2v) is 9.63. The highest BCUT2D eigenvalue weighted by atomic mass is 19.3. The van der Waals surface area contributed by atoms with E-state index in [-0.39, 0.29) is 11.8 Å². The molecule has 2 aliphatic heterocycles. The molecule has 1 fully saturated rings. The lowest BCUT2D eigenvalue weighted by Crippen LogP contribution is -2.43. The number of alkyl halides is 2. The monoisotopic (exact) mass is 526 g/mol. The molecule has 0 amide bonds. The number of nitrogens with two attached hydrogens (primary N) is 1. The van der Waals surface area contributed by atoms with Crippen LogP contribution in [0.1, 0.15) is 30.9 Å².